The molecular formula is C13H24N2O. The van der Waals surface area contributed by atoms with Crippen LogP contribution in [0.25, 0.3) is 0 Å². The van der Waals surface area contributed by atoms with Gasteiger partial charge in [0.05, 0.1) is 0 Å². The molecular weight excluding hydrogens is 200 g/mol. The molecule has 0 bridgehead atoms. The fourth-order valence-corrected chi connectivity index (χ4v) is 2.09. The molecule has 3 nitrogen and oxygen atoms in total. The number of hydrogen-bond donors (Lipinski definition) is 0. The van der Waals surface area contributed by atoms with Crippen LogP contribution in [-0.4, -0.2) is 55.4 Å². The van der Waals surface area contributed by atoms with E-state index < -0.39 is 0 Å². The van der Waals surface area contributed by atoms with Crippen LogP contribution in [0, 0.1) is 11.8 Å². The first-order valence-electron chi connectivity index (χ1n) is 6.18. The quantitative estimate of drug-likeness (QED) is 0.501. The van der Waals surface area contributed by atoms with Gasteiger partial charge in [-0.05, 0) is 5.92 Å². The summed E-state index contributed by atoms with van der Waals surface area (Å²) >= 11 is 0. The molecule has 1 fully saturated rings. The number of piperazine rings is 1. The van der Waals surface area contributed by atoms with Crippen molar-refractivity contribution in [3.8, 4) is 0 Å². The number of carbonyl (C=O) groups excluding carboxylic acids is 1. The first-order chi connectivity index (χ1) is 7.65. The Morgan fingerprint density at radius 2 is 1.50 bits per heavy atom. The Bertz CT molecular complexity index is 198. The van der Waals surface area contributed by atoms with Gasteiger partial charge in [-0.25, -0.2) is 0 Å². The van der Waals surface area contributed by atoms with Crippen molar-refractivity contribution in [2.45, 2.75) is 13.8 Å². The second-order valence-corrected chi connectivity index (χ2v) is 4.93. The molecule has 0 amide bonds. The molecule has 1 heterocycles. The molecule has 0 N–H and O–H groups in total. The van der Waals surface area contributed by atoms with Crippen LogP contribution in [0.1, 0.15) is 13.8 Å². The van der Waals surface area contributed by atoms with E-state index in [4.69, 9.17) is 0 Å². The number of rotatable bonds is 6. The van der Waals surface area contributed by atoms with Gasteiger partial charge in [0.25, 0.3) is 0 Å². The number of nitrogens with zero attached hydrogens (tertiary/aromatic N) is 2. The molecule has 0 aromatic heterocycles. The lowest BCUT2D eigenvalue weighted by Gasteiger charge is -2.36. The van der Waals surface area contributed by atoms with E-state index in [2.05, 4.69) is 23.3 Å². The molecule has 0 aromatic carbocycles. The molecule has 1 saturated heterocycles. The standard InChI is InChI=1S/C13H24N2O/c1-4-12(2)9-14-5-7-15(8-6-14)10-13(3)11-16/h4,11-13H,1,5-10H2,2-3H3. The molecule has 0 saturated carbocycles. The molecule has 1 aliphatic rings. The van der Waals surface area contributed by atoms with Crippen LogP contribution in [0.3, 0.4) is 0 Å². The Labute approximate surface area is 99.1 Å². The third-order valence-electron chi connectivity index (χ3n) is 3.19. The topological polar surface area (TPSA) is 23.6 Å². The van der Waals surface area contributed by atoms with Crippen molar-refractivity contribution in [3.63, 3.8) is 0 Å². The van der Waals surface area contributed by atoms with E-state index in [1.54, 1.807) is 0 Å². The van der Waals surface area contributed by atoms with Crippen molar-refractivity contribution in [2.75, 3.05) is 39.3 Å². The minimum Gasteiger partial charge on any atom is -0.303 e. The van der Waals surface area contributed by atoms with E-state index in [0.717, 1.165) is 45.6 Å². The maximum Gasteiger partial charge on any atom is 0.124 e. The third kappa shape index (κ3) is 4.45. The Morgan fingerprint density at radius 1 is 1.06 bits per heavy atom. The SMILES string of the molecule is C=CC(C)CN1CCN(CC(C)C=O)CC1. The second-order valence-electron chi connectivity index (χ2n) is 4.93. The first kappa shape index (κ1) is 13.4. The fourth-order valence-electron chi connectivity index (χ4n) is 2.09. The van der Waals surface area contributed by atoms with Crippen molar-refractivity contribution in [1.29, 1.82) is 0 Å². The van der Waals surface area contributed by atoms with Crippen LogP contribution in [0.15, 0.2) is 12.7 Å². The van der Waals surface area contributed by atoms with E-state index in [9.17, 15) is 4.79 Å². The van der Waals surface area contributed by atoms with Crippen LogP contribution >= 0.6 is 0 Å². The summed E-state index contributed by atoms with van der Waals surface area (Å²) in [5, 5.41) is 0. The summed E-state index contributed by atoms with van der Waals surface area (Å²) in [4.78, 5) is 15.4. The van der Waals surface area contributed by atoms with Crippen LogP contribution < -0.4 is 0 Å². The lowest BCUT2D eigenvalue weighted by molar-refractivity contribution is -0.111. The lowest BCUT2D eigenvalue weighted by atomic mass is 10.1. The number of carbonyl (C=O) groups is 1. The molecule has 0 radical (unpaired) electrons. The molecule has 16 heavy (non-hydrogen) atoms. The van der Waals surface area contributed by atoms with Crippen molar-refractivity contribution >= 4 is 6.29 Å². The first-order valence-corrected chi connectivity index (χ1v) is 6.18. The molecule has 1 rings (SSSR count). The van der Waals surface area contributed by atoms with Crippen LogP contribution in [0.4, 0.5) is 0 Å². The fraction of sp³-hybridized carbons (Fsp3) is 0.769. The summed E-state index contributed by atoms with van der Waals surface area (Å²) in [5.41, 5.74) is 0. The Kier molecular flexibility index (Phi) is 5.71. The molecule has 2 atom stereocenters. The van der Waals surface area contributed by atoms with Crippen molar-refractivity contribution in [3.05, 3.63) is 12.7 Å². The highest BCUT2D eigenvalue weighted by molar-refractivity contribution is 5.53. The maximum atomic E-state index is 10.6. The number of hydrogen-bond acceptors (Lipinski definition) is 3. The van der Waals surface area contributed by atoms with Crippen molar-refractivity contribution in [2.24, 2.45) is 11.8 Å². The van der Waals surface area contributed by atoms with Gasteiger partial charge in [-0.3, -0.25) is 0 Å². The molecule has 0 spiro atoms. The average molecular weight is 224 g/mol. The van der Waals surface area contributed by atoms with Crippen molar-refractivity contribution < 1.29 is 4.79 Å². The summed E-state index contributed by atoms with van der Waals surface area (Å²) < 4.78 is 0. The van der Waals surface area contributed by atoms with Gasteiger partial charge in [0.2, 0.25) is 0 Å². The van der Waals surface area contributed by atoms with Crippen LogP contribution in [-0.2, 0) is 4.79 Å². The highest BCUT2D eigenvalue weighted by atomic mass is 16.1. The highest BCUT2D eigenvalue weighted by Gasteiger charge is 2.18. The zero-order valence-electron chi connectivity index (χ0n) is 10.6. The summed E-state index contributed by atoms with van der Waals surface area (Å²) in [6.07, 6.45) is 3.06. The summed E-state index contributed by atoms with van der Waals surface area (Å²) in [7, 11) is 0. The van der Waals surface area contributed by atoms with E-state index in [-0.39, 0.29) is 5.92 Å². The Balaban J connectivity index is 2.23. The van der Waals surface area contributed by atoms with E-state index in [1.165, 1.54) is 0 Å². The van der Waals surface area contributed by atoms with E-state index in [0.29, 0.717) is 5.92 Å². The minimum absolute atomic E-state index is 0.165. The zero-order valence-corrected chi connectivity index (χ0v) is 10.6. The zero-order chi connectivity index (χ0) is 12.0. The molecule has 92 valence electrons. The van der Waals surface area contributed by atoms with Gasteiger partial charge >= 0.3 is 0 Å². The summed E-state index contributed by atoms with van der Waals surface area (Å²) in [6, 6.07) is 0. The van der Waals surface area contributed by atoms with Gasteiger partial charge < -0.3 is 14.6 Å². The van der Waals surface area contributed by atoms with Crippen LogP contribution in [0.2, 0.25) is 0 Å². The van der Waals surface area contributed by atoms with Gasteiger partial charge in [0.15, 0.2) is 0 Å². The smallest absolute Gasteiger partial charge is 0.124 e. The third-order valence-corrected chi connectivity index (χ3v) is 3.19. The molecule has 2 unspecified atom stereocenters. The van der Waals surface area contributed by atoms with Crippen molar-refractivity contribution in [1.82, 2.24) is 9.80 Å². The van der Waals surface area contributed by atoms with E-state index in [1.807, 2.05) is 13.0 Å². The van der Waals surface area contributed by atoms with Gasteiger partial charge in [-0.1, -0.05) is 19.9 Å². The van der Waals surface area contributed by atoms with Gasteiger partial charge in [-0.15, -0.1) is 6.58 Å². The Morgan fingerprint density at radius 3 is 1.88 bits per heavy atom. The molecule has 0 aromatic rings. The van der Waals surface area contributed by atoms with E-state index >= 15 is 0 Å². The van der Waals surface area contributed by atoms with Gasteiger partial charge in [-0.2, -0.15) is 0 Å². The van der Waals surface area contributed by atoms with Gasteiger partial charge in [0.1, 0.15) is 6.29 Å². The summed E-state index contributed by atoms with van der Waals surface area (Å²) in [5.74, 6) is 0.735. The predicted octanol–water partition coefficient (Wildman–Crippen LogP) is 1.26. The average Bonchev–Trinajstić information content (AvgIpc) is 2.31. The maximum absolute atomic E-state index is 10.6. The largest absolute Gasteiger partial charge is 0.303 e. The van der Waals surface area contributed by atoms with Gasteiger partial charge in [0, 0.05) is 45.2 Å². The molecule has 1 aliphatic heterocycles. The summed E-state index contributed by atoms with van der Waals surface area (Å²) in [6.45, 7) is 14.4. The second kappa shape index (κ2) is 6.81. The normalized spacial score (nSPS) is 22.6. The van der Waals surface area contributed by atoms with Crippen LogP contribution in [0.5, 0.6) is 0 Å². The molecule has 0 aliphatic carbocycles. The lowest BCUT2D eigenvalue weighted by Crippen LogP contribution is -2.48. The highest BCUT2D eigenvalue weighted by Crippen LogP contribution is 2.07. The molecule has 3 heteroatoms. The monoisotopic (exact) mass is 224 g/mol. The predicted molar refractivity (Wildman–Crippen MR) is 67.5 cm³/mol. The number of aldehydes is 1. The Hall–Kier alpha value is -0.670. The minimum atomic E-state index is 0.165.